The van der Waals surface area contributed by atoms with E-state index < -0.39 is 0 Å². The Hall–Kier alpha value is -2.46. The first-order valence-corrected chi connectivity index (χ1v) is 5.57. The average molecular weight is 238 g/mol. The van der Waals surface area contributed by atoms with Gasteiger partial charge in [0, 0.05) is 18.1 Å². The molecule has 90 valence electrons. The van der Waals surface area contributed by atoms with Crippen molar-refractivity contribution in [3.8, 4) is 0 Å². The highest BCUT2D eigenvalue weighted by molar-refractivity contribution is 5.72. The third-order valence-corrected chi connectivity index (χ3v) is 2.32. The van der Waals surface area contributed by atoms with Crippen molar-refractivity contribution < 1.29 is 0 Å². The van der Waals surface area contributed by atoms with Crippen LogP contribution in [-0.2, 0) is 0 Å². The highest BCUT2D eigenvalue weighted by atomic mass is 15.2. The van der Waals surface area contributed by atoms with E-state index in [1.807, 2.05) is 54.6 Å². The van der Waals surface area contributed by atoms with Crippen LogP contribution in [0.15, 0.2) is 67.0 Å². The van der Waals surface area contributed by atoms with Gasteiger partial charge in [-0.2, -0.15) is 0 Å². The predicted molar refractivity (Wildman–Crippen MR) is 73.8 cm³/mol. The molecule has 0 amide bonds. The van der Waals surface area contributed by atoms with Crippen molar-refractivity contribution in [1.82, 2.24) is 9.97 Å². The van der Waals surface area contributed by atoms with E-state index in [1.54, 1.807) is 12.4 Å². The largest absolute Gasteiger partial charge is 0.324 e. The fraction of sp³-hybridized carbons (Fsp3) is 0. The van der Waals surface area contributed by atoms with Crippen molar-refractivity contribution in [3.05, 3.63) is 67.0 Å². The molecule has 0 spiro atoms. The van der Waals surface area contributed by atoms with Crippen molar-refractivity contribution in [2.24, 2.45) is 5.84 Å². The van der Waals surface area contributed by atoms with Gasteiger partial charge in [-0.1, -0.05) is 30.3 Å². The van der Waals surface area contributed by atoms with Crippen molar-refractivity contribution in [3.63, 3.8) is 0 Å². The molecule has 0 fully saturated rings. The highest BCUT2D eigenvalue weighted by Gasteiger charge is 1.88. The lowest BCUT2D eigenvalue weighted by Crippen LogP contribution is -2.05. The quantitative estimate of drug-likeness (QED) is 0.505. The number of hydrogen-bond donors (Lipinski definition) is 2. The zero-order valence-corrected chi connectivity index (χ0v) is 9.82. The summed E-state index contributed by atoms with van der Waals surface area (Å²) in [5.74, 6) is 5.10. The summed E-state index contributed by atoms with van der Waals surface area (Å²) >= 11 is 0. The lowest BCUT2D eigenvalue weighted by molar-refractivity contribution is 1.29. The first-order chi connectivity index (χ1) is 8.90. The molecule has 0 aliphatic carbocycles. The summed E-state index contributed by atoms with van der Waals surface area (Å²) in [5, 5.41) is 0. The molecule has 0 saturated heterocycles. The van der Waals surface area contributed by atoms with Crippen LogP contribution < -0.4 is 11.3 Å². The van der Waals surface area contributed by atoms with E-state index in [-0.39, 0.29) is 0 Å². The van der Waals surface area contributed by atoms with Gasteiger partial charge >= 0.3 is 0 Å². The maximum Gasteiger partial charge on any atom is 0.0886 e. The number of nitrogens with one attached hydrogen (secondary N) is 1. The standard InChI is InChI=1S/C8H6N2.C6H8N2/c1-2-4-8-7(3-1)9-5-6-10-8;7-8-6-4-2-1-3-5-6/h1-6H;1-5,8H,7H2. The lowest BCUT2D eigenvalue weighted by atomic mass is 10.3. The molecule has 0 aliphatic heterocycles. The van der Waals surface area contributed by atoms with E-state index in [2.05, 4.69) is 15.4 Å². The fourth-order valence-electron chi connectivity index (χ4n) is 1.44. The van der Waals surface area contributed by atoms with Crippen LogP contribution >= 0.6 is 0 Å². The summed E-state index contributed by atoms with van der Waals surface area (Å²) in [7, 11) is 0. The third kappa shape index (κ3) is 3.26. The summed E-state index contributed by atoms with van der Waals surface area (Å²) in [5.41, 5.74) is 5.36. The Balaban J connectivity index is 0.000000138. The van der Waals surface area contributed by atoms with Gasteiger partial charge in [-0.3, -0.25) is 15.8 Å². The van der Waals surface area contributed by atoms with Gasteiger partial charge in [0.2, 0.25) is 0 Å². The highest BCUT2D eigenvalue weighted by Crippen LogP contribution is 2.04. The SMILES string of the molecule is NNc1ccccc1.c1ccc2nccnc2c1. The Kier molecular flexibility index (Phi) is 4.22. The van der Waals surface area contributed by atoms with Crippen LogP contribution in [0.3, 0.4) is 0 Å². The summed E-state index contributed by atoms with van der Waals surface area (Å²) < 4.78 is 0. The molecule has 0 atom stereocenters. The molecule has 0 aliphatic rings. The van der Waals surface area contributed by atoms with E-state index in [4.69, 9.17) is 5.84 Å². The fourth-order valence-corrected chi connectivity index (χ4v) is 1.44. The Bertz CT molecular complexity index is 530. The van der Waals surface area contributed by atoms with Crippen molar-refractivity contribution in [2.75, 3.05) is 5.43 Å². The minimum atomic E-state index is 0.938. The van der Waals surface area contributed by atoms with Crippen LogP contribution in [0.5, 0.6) is 0 Å². The van der Waals surface area contributed by atoms with Gasteiger partial charge < -0.3 is 5.43 Å². The van der Waals surface area contributed by atoms with Crippen LogP contribution in [0.4, 0.5) is 5.69 Å². The second-order valence-electron chi connectivity index (χ2n) is 3.56. The van der Waals surface area contributed by atoms with E-state index in [0.717, 1.165) is 16.7 Å². The first-order valence-electron chi connectivity index (χ1n) is 5.57. The monoisotopic (exact) mass is 238 g/mol. The normalized spacial score (nSPS) is 9.39. The molecule has 3 aromatic rings. The first kappa shape index (κ1) is 12.0. The summed E-state index contributed by atoms with van der Waals surface area (Å²) in [6.07, 6.45) is 3.39. The Morgan fingerprint density at radius 2 is 1.22 bits per heavy atom. The van der Waals surface area contributed by atoms with E-state index in [0.29, 0.717) is 0 Å². The van der Waals surface area contributed by atoms with Gasteiger partial charge in [0.05, 0.1) is 11.0 Å². The van der Waals surface area contributed by atoms with Crippen molar-refractivity contribution in [1.29, 1.82) is 0 Å². The lowest BCUT2D eigenvalue weighted by Gasteiger charge is -1.94. The summed E-state index contributed by atoms with van der Waals surface area (Å²) in [4.78, 5) is 8.24. The van der Waals surface area contributed by atoms with E-state index >= 15 is 0 Å². The number of rotatable bonds is 1. The number of hydrazine groups is 1. The van der Waals surface area contributed by atoms with Crippen molar-refractivity contribution in [2.45, 2.75) is 0 Å². The van der Waals surface area contributed by atoms with Gasteiger partial charge in [0.15, 0.2) is 0 Å². The molecule has 18 heavy (non-hydrogen) atoms. The molecule has 0 saturated carbocycles. The number of nitrogens with zero attached hydrogens (tertiary/aromatic N) is 2. The predicted octanol–water partition coefficient (Wildman–Crippen LogP) is 2.60. The summed E-state index contributed by atoms with van der Waals surface area (Å²) in [6.45, 7) is 0. The average Bonchev–Trinajstić information content (AvgIpc) is 2.49. The number of nitrogens with two attached hydrogens (primary N) is 1. The number of nitrogen functional groups attached to an aromatic ring is 1. The molecular weight excluding hydrogens is 224 g/mol. The second-order valence-corrected chi connectivity index (χ2v) is 3.56. The minimum Gasteiger partial charge on any atom is -0.324 e. The molecule has 1 aromatic heterocycles. The maximum absolute atomic E-state index is 5.10. The maximum atomic E-state index is 5.10. The van der Waals surface area contributed by atoms with E-state index in [9.17, 15) is 0 Å². The number of fused-ring (bicyclic) bond motifs is 1. The third-order valence-electron chi connectivity index (χ3n) is 2.32. The van der Waals surface area contributed by atoms with Crippen LogP contribution in [0.25, 0.3) is 11.0 Å². The Morgan fingerprint density at radius 1 is 0.722 bits per heavy atom. The molecule has 0 unspecified atom stereocenters. The molecule has 1 heterocycles. The van der Waals surface area contributed by atoms with Gasteiger partial charge in [0.1, 0.15) is 0 Å². The smallest absolute Gasteiger partial charge is 0.0886 e. The molecule has 0 radical (unpaired) electrons. The minimum absolute atomic E-state index is 0.938. The number of anilines is 1. The number of benzene rings is 2. The van der Waals surface area contributed by atoms with Gasteiger partial charge in [-0.05, 0) is 24.3 Å². The Morgan fingerprint density at radius 3 is 1.67 bits per heavy atom. The molecule has 2 aromatic carbocycles. The molecular formula is C14H14N4. The molecule has 3 rings (SSSR count). The van der Waals surface area contributed by atoms with Gasteiger partial charge in [-0.15, -0.1) is 0 Å². The topological polar surface area (TPSA) is 63.8 Å². The number of hydrogen-bond acceptors (Lipinski definition) is 4. The van der Waals surface area contributed by atoms with Crippen LogP contribution in [0.2, 0.25) is 0 Å². The molecule has 4 nitrogen and oxygen atoms in total. The zero-order chi connectivity index (χ0) is 12.6. The Labute approximate surface area is 105 Å². The molecule has 0 bridgehead atoms. The number of para-hydroxylation sites is 3. The number of aromatic nitrogens is 2. The van der Waals surface area contributed by atoms with Gasteiger partial charge in [0.25, 0.3) is 0 Å². The summed E-state index contributed by atoms with van der Waals surface area (Å²) in [6, 6.07) is 17.4. The second kappa shape index (κ2) is 6.32. The van der Waals surface area contributed by atoms with Crippen LogP contribution in [0, 0.1) is 0 Å². The molecule has 3 N–H and O–H groups in total. The van der Waals surface area contributed by atoms with Crippen LogP contribution in [0.1, 0.15) is 0 Å². The molecule has 4 heteroatoms. The zero-order valence-electron chi connectivity index (χ0n) is 9.82. The van der Waals surface area contributed by atoms with Gasteiger partial charge in [-0.25, -0.2) is 0 Å². The van der Waals surface area contributed by atoms with E-state index in [1.165, 1.54) is 0 Å². The van der Waals surface area contributed by atoms with Crippen LogP contribution in [-0.4, -0.2) is 9.97 Å². The van der Waals surface area contributed by atoms with Crippen molar-refractivity contribution >= 4 is 16.7 Å².